The number of aromatic nitrogens is 1. The van der Waals surface area contributed by atoms with E-state index < -0.39 is 12.2 Å². The number of aliphatic hydroxyl groups is 1. The Bertz CT molecular complexity index is 1130. The minimum atomic E-state index is -0.735. The van der Waals surface area contributed by atoms with Gasteiger partial charge < -0.3 is 29.8 Å². The molecule has 0 saturated carbocycles. The van der Waals surface area contributed by atoms with Crippen LogP contribution in [-0.2, 0) is 16.0 Å². The zero-order valence-corrected chi connectivity index (χ0v) is 19.0. The minimum absolute atomic E-state index is 0.0935. The second kappa shape index (κ2) is 10.1. The molecule has 1 aliphatic rings. The number of nitrogens with zero attached hydrogens (tertiary/aromatic N) is 1. The first kappa shape index (κ1) is 22.9. The van der Waals surface area contributed by atoms with Gasteiger partial charge in [0.2, 0.25) is 6.41 Å². The smallest absolute Gasteiger partial charge is 0.406 e. The number of methoxy groups -OCH3 is 1. The number of fused-ring (bicyclic) bond motifs is 3. The van der Waals surface area contributed by atoms with Crippen LogP contribution >= 0.6 is 11.6 Å². The van der Waals surface area contributed by atoms with Crippen molar-refractivity contribution in [2.75, 3.05) is 26.8 Å². The fourth-order valence-corrected chi connectivity index (χ4v) is 4.36. The third-order valence-corrected chi connectivity index (χ3v) is 6.08. The summed E-state index contributed by atoms with van der Waals surface area (Å²) in [5.41, 5.74) is 4.16. The summed E-state index contributed by atoms with van der Waals surface area (Å²) >= 11 is 6.21. The minimum Gasteiger partial charge on any atom is -0.493 e. The number of benzene rings is 2. The van der Waals surface area contributed by atoms with Crippen molar-refractivity contribution in [1.82, 2.24) is 15.2 Å². The van der Waals surface area contributed by atoms with Crippen LogP contribution in [0.1, 0.15) is 29.3 Å². The maximum atomic E-state index is 11.8. The fourth-order valence-electron chi connectivity index (χ4n) is 4.19. The lowest BCUT2D eigenvalue weighted by molar-refractivity contribution is -0.120. The highest BCUT2D eigenvalue weighted by Gasteiger charge is 2.31. The molecule has 2 heterocycles. The van der Waals surface area contributed by atoms with Gasteiger partial charge in [-0.15, -0.1) is 0 Å². The van der Waals surface area contributed by atoms with Crippen LogP contribution in [0, 0.1) is 0 Å². The van der Waals surface area contributed by atoms with Crippen LogP contribution in [0.2, 0.25) is 5.02 Å². The molecule has 0 spiro atoms. The quantitative estimate of drug-likeness (QED) is 0.437. The second-order valence-electron chi connectivity index (χ2n) is 7.94. The first-order valence-corrected chi connectivity index (χ1v) is 11.1. The lowest BCUT2D eigenvalue weighted by Gasteiger charge is -2.33. The third-order valence-electron chi connectivity index (χ3n) is 5.84. The molecule has 33 heavy (non-hydrogen) atoms. The van der Waals surface area contributed by atoms with Gasteiger partial charge in [-0.3, -0.25) is 4.79 Å². The standard InChI is InChI=1S/C24H26ClN3O5/c1-32-24(31)26-13-17(30)9-11-33-18-5-2-15(3-6-18)23-22-19(8-10-28(23)14-29)20-12-16(25)4-7-21(20)27-22/h2-7,12,14,17,23,27,30H,8-11,13H2,1H3,(H,26,31). The normalized spacial score (nSPS) is 16.2. The van der Waals surface area contributed by atoms with Crippen LogP contribution < -0.4 is 10.1 Å². The van der Waals surface area contributed by atoms with E-state index in [0.717, 1.165) is 35.0 Å². The molecule has 2 aromatic carbocycles. The largest absolute Gasteiger partial charge is 0.493 e. The maximum absolute atomic E-state index is 11.8. The summed E-state index contributed by atoms with van der Waals surface area (Å²) in [6.07, 6.45) is 0.688. The molecule has 0 bridgehead atoms. The van der Waals surface area contributed by atoms with Crippen LogP contribution in [0.5, 0.6) is 5.75 Å². The zero-order chi connectivity index (χ0) is 23.4. The van der Waals surface area contributed by atoms with Gasteiger partial charge in [-0.05, 0) is 47.9 Å². The molecule has 0 aliphatic carbocycles. The Labute approximate surface area is 196 Å². The average Bonchev–Trinajstić information content (AvgIpc) is 3.20. The first-order chi connectivity index (χ1) is 16.0. The Hall–Kier alpha value is -3.23. The van der Waals surface area contributed by atoms with Gasteiger partial charge in [-0.25, -0.2) is 4.79 Å². The predicted molar refractivity (Wildman–Crippen MR) is 125 cm³/mol. The van der Waals surface area contributed by atoms with Crippen molar-refractivity contribution >= 4 is 35.0 Å². The number of carbonyl (C=O) groups is 2. The van der Waals surface area contributed by atoms with Crippen molar-refractivity contribution in [2.45, 2.75) is 25.0 Å². The summed E-state index contributed by atoms with van der Waals surface area (Å²) in [5, 5.41) is 14.1. The molecular formula is C24H26ClN3O5. The van der Waals surface area contributed by atoms with E-state index in [-0.39, 0.29) is 12.6 Å². The number of aliphatic hydroxyl groups excluding tert-OH is 1. The van der Waals surface area contributed by atoms with E-state index in [0.29, 0.717) is 30.3 Å². The lowest BCUT2D eigenvalue weighted by Crippen LogP contribution is -2.35. The summed E-state index contributed by atoms with van der Waals surface area (Å²) in [6.45, 7) is 1.01. The van der Waals surface area contributed by atoms with Gasteiger partial charge in [-0.1, -0.05) is 23.7 Å². The van der Waals surface area contributed by atoms with Crippen LogP contribution in [-0.4, -0.2) is 60.4 Å². The van der Waals surface area contributed by atoms with E-state index >= 15 is 0 Å². The Morgan fingerprint density at radius 3 is 2.85 bits per heavy atom. The molecule has 1 aromatic heterocycles. The van der Waals surface area contributed by atoms with E-state index in [1.54, 1.807) is 4.90 Å². The van der Waals surface area contributed by atoms with E-state index in [1.807, 2.05) is 42.5 Å². The van der Waals surface area contributed by atoms with Gasteiger partial charge in [0.15, 0.2) is 0 Å². The van der Waals surface area contributed by atoms with Crippen molar-refractivity contribution in [1.29, 1.82) is 0 Å². The van der Waals surface area contributed by atoms with Gasteiger partial charge in [0.1, 0.15) is 5.75 Å². The summed E-state index contributed by atoms with van der Waals surface area (Å²) < 4.78 is 10.2. The Morgan fingerprint density at radius 1 is 1.33 bits per heavy atom. The van der Waals surface area contributed by atoms with Crippen molar-refractivity contribution < 1.29 is 24.2 Å². The highest BCUT2D eigenvalue weighted by Crippen LogP contribution is 2.38. The summed E-state index contributed by atoms with van der Waals surface area (Å²) in [7, 11) is 1.27. The average molecular weight is 472 g/mol. The van der Waals surface area contributed by atoms with E-state index in [4.69, 9.17) is 16.3 Å². The lowest BCUT2D eigenvalue weighted by atomic mass is 9.93. The summed E-state index contributed by atoms with van der Waals surface area (Å²) in [5.74, 6) is 0.656. The van der Waals surface area contributed by atoms with Gasteiger partial charge in [-0.2, -0.15) is 0 Å². The first-order valence-electron chi connectivity index (χ1n) is 10.7. The van der Waals surface area contributed by atoms with Crippen LogP contribution in [0.25, 0.3) is 10.9 Å². The highest BCUT2D eigenvalue weighted by molar-refractivity contribution is 6.31. The van der Waals surface area contributed by atoms with Gasteiger partial charge in [0.05, 0.1) is 25.9 Å². The number of hydrogen-bond donors (Lipinski definition) is 3. The molecule has 2 unspecified atom stereocenters. The van der Waals surface area contributed by atoms with Crippen molar-refractivity contribution in [3.8, 4) is 5.75 Å². The molecule has 9 heteroatoms. The van der Waals surface area contributed by atoms with E-state index in [2.05, 4.69) is 15.0 Å². The van der Waals surface area contributed by atoms with Crippen molar-refractivity contribution in [3.05, 3.63) is 64.3 Å². The number of carbonyl (C=O) groups excluding carboxylic acids is 2. The number of hydrogen-bond acceptors (Lipinski definition) is 5. The number of halogens is 1. The topological polar surface area (TPSA) is 104 Å². The molecule has 4 rings (SSSR count). The SMILES string of the molecule is COC(=O)NCC(O)CCOc1ccc(C2c3[nH]c4ccc(Cl)cc4c3CCN2C=O)cc1. The Kier molecular flexibility index (Phi) is 7.05. The third kappa shape index (κ3) is 5.07. The van der Waals surface area contributed by atoms with Gasteiger partial charge >= 0.3 is 6.09 Å². The molecule has 3 N–H and O–H groups in total. The number of aromatic amines is 1. The molecule has 8 nitrogen and oxygen atoms in total. The second-order valence-corrected chi connectivity index (χ2v) is 8.37. The molecule has 2 atom stereocenters. The molecule has 0 radical (unpaired) electrons. The van der Waals surface area contributed by atoms with E-state index in [1.165, 1.54) is 12.7 Å². The number of amides is 2. The fraction of sp³-hybridized carbons (Fsp3) is 0.333. The molecule has 1 aliphatic heterocycles. The van der Waals surface area contributed by atoms with Crippen molar-refractivity contribution in [3.63, 3.8) is 0 Å². The Balaban J connectivity index is 1.45. The molecule has 0 saturated heterocycles. The van der Waals surface area contributed by atoms with Crippen molar-refractivity contribution in [2.24, 2.45) is 0 Å². The Morgan fingerprint density at radius 2 is 2.12 bits per heavy atom. The molecule has 0 fully saturated rings. The van der Waals surface area contributed by atoms with Crippen LogP contribution in [0.4, 0.5) is 4.79 Å². The molecule has 3 aromatic rings. The molecule has 174 valence electrons. The monoisotopic (exact) mass is 471 g/mol. The van der Waals surface area contributed by atoms with Crippen LogP contribution in [0.15, 0.2) is 42.5 Å². The highest BCUT2D eigenvalue weighted by atomic mass is 35.5. The van der Waals surface area contributed by atoms with Crippen LogP contribution in [0.3, 0.4) is 0 Å². The van der Waals surface area contributed by atoms with Gasteiger partial charge in [0.25, 0.3) is 0 Å². The zero-order valence-electron chi connectivity index (χ0n) is 18.2. The maximum Gasteiger partial charge on any atom is 0.406 e. The molecule has 2 amide bonds. The number of nitrogens with one attached hydrogen (secondary N) is 2. The molecular weight excluding hydrogens is 446 g/mol. The number of H-pyrrole nitrogens is 1. The number of rotatable bonds is 8. The summed E-state index contributed by atoms with van der Waals surface area (Å²) in [6, 6.07) is 13.1. The van der Waals surface area contributed by atoms with Gasteiger partial charge in [0, 0.05) is 41.1 Å². The number of alkyl carbamates (subject to hydrolysis) is 1. The summed E-state index contributed by atoms with van der Waals surface area (Å²) in [4.78, 5) is 28.1. The van der Waals surface area contributed by atoms with E-state index in [9.17, 15) is 14.7 Å². The number of ether oxygens (including phenoxy) is 2. The predicted octanol–water partition coefficient (Wildman–Crippen LogP) is 3.41.